The molecule has 0 spiro atoms. The van der Waals surface area contributed by atoms with E-state index in [4.69, 9.17) is 0 Å². The molecule has 0 fully saturated rings. The standard InChI is InChI=1S/C15H16N2O2S/c1-13-8-10-15(11-9-13)20(18,19)16-12-17(2)14-6-4-3-5-7-14/h3-12H,1-2H3. The fourth-order valence-electron chi connectivity index (χ4n) is 1.63. The maximum Gasteiger partial charge on any atom is 0.283 e. The number of rotatable bonds is 4. The molecular weight excluding hydrogens is 272 g/mol. The van der Waals surface area contributed by atoms with Crippen molar-refractivity contribution in [1.29, 1.82) is 0 Å². The quantitative estimate of drug-likeness (QED) is 0.642. The highest BCUT2D eigenvalue weighted by Gasteiger charge is 2.11. The third kappa shape index (κ3) is 3.45. The monoisotopic (exact) mass is 288 g/mol. The number of para-hydroxylation sites is 1. The zero-order valence-corrected chi connectivity index (χ0v) is 12.2. The third-order valence-corrected chi connectivity index (χ3v) is 4.08. The van der Waals surface area contributed by atoms with Crippen molar-refractivity contribution in [2.24, 2.45) is 4.40 Å². The lowest BCUT2D eigenvalue weighted by atomic mass is 10.2. The molecule has 0 heterocycles. The van der Waals surface area contributed by atoms with Crippen LogP contribution in [0.5, 0.6) is 0 Å². The molecule has 2 rings (SSSR count). The van der Waals surface area contributed by atoms with Crippen molar-refractivity contribution in [3.63, 3.8) is 0 Å². The van der Waals surface area contributed by atoms with Gasteiger partial charge < -0.3 is 4.90 Å². The molecular formula is C15H16N2O2S. The molecule has 0 N–H and O–H groups in total. The number of aryl methyl sites for hydroxylation is 1. The lowest BCUT2D eigenvalue weighted by Crippen LogP contribution is -2.15. The Morgan fingerprint density at radius 3 is 2.20 bits per heavy atom. The van der Waals surface area contributed by atoms with Gasteiger partial charge in [-0.2, -0.15) is 8.42 Å². The van der Waals surface area contributed by atoms with E-state index in [9.17, 15) is 8.42 Å². The van der Waals surface area contributed by atoms with E-state index < -0.39 is 10.0 Å². The number of sulfonamides is 1. The van der Waals surface area contributed by atoms with Gasteiger partial charge in [0.2, 0.25) is 0 Å². The summed E-state index contributed by atoms with van der Waals surface area (Å²) in [5.41, 5.74) is 1.88. The smallest absolute Gasteiger partial charge is 0.283 e. The summed E-state index contributed by atoms with van der Waals surface area (Å²) < 4.78 is 27.8. The first-order chi connectivity index (χ1) is 9.49. The van der Waals surface area contributed by atoms with Crippen molar-refractivity contribution in [1.82, 2.24) is 0 Å². The summed E-state index contributed by atoms with van der Waals surface area (Å²) in [5.74, 6) is 0. The van der Waals surface area contributed by atoms with Crippen molar-refractivity contribution in [2.75, 3.05) is 11.9 Å². The van der Waals surface area contributed by atoms with Gasteiger partial charge in [0.15, 0.2) is 0 Å². The molecule has 0 aliphatic carbocycles. The summed E-state index contributed by atoms with van der Waals surface area (Å²) in [6, 6.07) is 16.1. The first-order valence-corrected chi connectivity index (χ1v) is 7.58. The van der Waals surface area contributed by atoms with Crippen LogP contribution in [0, 0.1) is 6.92 Å². The maximum atomic E-state index is 12.1. The SMILES string of the molecule is Cc1ccc(S(=O)(=O)N=CN(C)c2ccccc2)cc1. The molecule has 0 bridgehead atoms. The minimum atomic E-state index is -3.65. The first kappa shape index (κ1) is 14.3. The van der Waals surface area contributed by atoms with Crippen molar-refractivity contribution in [2.45, 2.75) is 11.8 Å². The Kier molecular flexibility index (Phi) is 4.20. The molecule has 0 saturated heterocycles. The van der Waals surface area contributed by atoms with Crippen molar-refractivity contribution >= 4 is 22.0 Å². The highest BCUT2D eigenvalue weighted by Crippen LogP contribution is 2.14. The summed E-state index contributed by atoms with van der Waals surface area (Å²) in [5, 5.41) is 0. The predicted octanol–water partition coefficient (Wildman–Crippen LogP) is 2.85. The largest absolute Gasteiger partial charge is 0.335 e. The van der Waals surface area contributed by atoms with Crippen molar-refractivity contribution < 1.29 is 8.42 Å². The lowest BCUT2D eigenvalue weighted by molar-refractivity contribution is 0.598. The van der Waals surface area contributed by atoms with Gasteiger partial charge in [0.05, 0.1) is 4.90 Å². The van der Waals surface area contributed by atoms with Gasteiger partial charge in [-0.25, -0.2) is 0 Å². The van der Waals surface area contributed by atoms with Crippen LogP contribution in [-0.4, -0.2) is 21.8 Å². The van der Waals surface area contributed by atoms with Crippen LogP contribution in [0.2, 0.25) is 0 Å². The van der Waals surface area contributed by atoms with Gasteiger partial charge in [-0.1, -0.05) is 35.9 Å². The van der Waals surface area contributed by atoms with Gasteiger partial charge in [0.1, 0.15) is 6.34 Å². The zero-order chi connectivity index (χ0) is 14.6. The summed E-state index contributed by atoms with van der Waals surface area (Å²) in [6.07, 6.45) is 1.31. The Balaban J connectivity index is 2.20. The average molecular weight is 288 g/mol. The molecule has 0 aliphatic rings. The molecule has 20 heavy (non-hydrogen) atoms. The van der Waals surface area contributed by atoms with Gasteiger partial charge in [-0.05, 0) is 31.2 Å². The van der Waals surface area contributed by atoms with E-state index in [1.54, 1.807) is 36.2 Å². The van der Waals surface area contributed by atoms with Crippen LogP contribution in [0.4, 0.5) is 5.69 Å². The van der Waals surface area contributed by atoms with E-state index >= 15 is 0 Å². The molecule has 2 aromatic carbocycles. The Morgan fingerprint density at radius 1 is 1.00 bits per heavy atom. The number of hydrogen-bond acceptors (Lipinski definition) is 2. The molecule has 0 aromatic heterocycles. The molecule has 0 saturated carbocycles. The Hall–Kier alpha value is -2.14. The van der Waals surface area contributed by atoms with E-state index in [0.29, 0.717) is 0 Å². The van der Waals surface area contributed by atoms with Crippen molar-refractivity contribution in [3.8, 4) is 0 Å². The van der Waals surface area contributed by atoms with Crippen molar-refractivity contribution in [3.05, 3.63) is 60.2 Å². The summed E-state index contributed by atoms with van der Waals surface area (Å²) in [4.78, 5) is 1.85. The van der Waals surface area contributed by atoms with E-state index in [1.807, 2.05) is 37.3 Å². The van der Waals surface area contributed by atoms with Crippen LogP contribution in [0.3, 0.4) is 0 Å². The van der Waals surface area contributed by atoms with Crippen LogP contribution in [0.15, 0.2) is 63.9 Å². The second-order valence-corrected chi connectivity index (χ2v) is 6.09. The minimum Gasteiger partial charge on any atom is -0.335 e. The van der Waals surface area contributed by atoms with Crippen LogP contribution in [0.1, 0.15) is 5.56 Å². The molecule has 0 radical (unpaired) electrons. The maximum absolute atomic E-state index is 12.1. The second-order valence-electron chi connectivity index (χ2n) is 4.46. The number of anilines is 1. The Bertz CT molecular complexity index is 692. The van der Waals surface area contributed by atoms with Gasteiger partial charge in [0.25, 0.3) is 10.0 Å². The van der Waals surface area contributed by atoms with E-state index in [2.05, 4.69) is 4.40 Å². The van der Waals surface area contributed by atoms with Gasteiger partial charge in [0, 0.05) is 12.7 Å². The molecule has 5 heteroatoms. The molecule has 0 amide bonds. The predicted molar refractivity (Wildman–Crippen MR) is 81.7 cm³/mol. The van der Waals surface area contributed by atoms with Crippen LogP contribution < -0.4 is 4.90 Å². The van der Waals surface area contributed by atoms with Gasteiger partial charge in [-0.3, -0.25) is 0 Å². The summed E-state index contributed by atoms with van der Waals surface area (Å²) in [6.45, 7) is 1.91. The van der Waals surface area contributed by atoms with Gasteiger partial charge in [-0.15, -0.1) is 4.40 Å². The molecule has 104 valence electrons. The molecule has 4 nitrogen and oxygen atoms in total. The Labute approximate surface area is 119 Å². The van der Waals surface area contributed by atoms with Crippen LogP contribution in [0.25, 0.3) is 0 Å². The first-order valence-electron chi connectivity index (χ1n) is 6.14. The topological polar surface area (TPSA) is 49.7 Å². The van der Waals surface area contributed by atoms with Crippen LogP contribution in [-0.2, 0) is 10.0 Å². The number of benzene rings is 2. The molecule has 0 atom stereocenters. The summed E-state index contributed by atoms with van der Waals surface area (Å²) >= 11 is 0. The molecule has 0 unspecified atom stereocenters. The van der Waals surface area contributed by atoms with E-state index in [-0.39, 0.29) is 4.90 Å². The van der Waals surface area contributed by atoms with E-state index in [1.165, 1.54) is 6.34 Å². The fraction of sp³-hybridized carbons (Fsp3) is 0.133. The number of nitrogens with zero attached hydrogens (tertiary/aromatic N) is 2. The normalized spacial score (nSPS) is 11.7. The number of hydrogen-bond donors (Lipinski definition) is 0. The average Bonchev–Trinajstić information content (AvgIpc) is 2.46. The van der Waals surface area contributed by atoms with Gasteiger partial charge >= 0.3 is 0 Å². The highest BCUT2D eigenvalue weighted by molar-refractivity contribution is 7.90. The third-order valence-electron chi connectivity index (χ3n) is 2.84. The second kappa shape index (κ2) is 5.88. The zero-order valence-electron chi connectivity index (χ0n) is 11.4. The molecule has 0 aliphatic heterocycles. The fourth-order valence-corrected chi connectivity index (χ4v) is 2.50. The highest BCUT2D eigenvalue weighted by atomic mass is 32.2. The van der Waals surface area contributed by atoms with E-state index in [0.717, 1.165) is 11.3 Å². The molecule has 2 aromatic rings. The summed E-state index contributed by atoms with van der Waals surface area (Å²) in [7, 11) is -1.90. The van der Waals surface area contributed by atoms with Crippen LogP contribution >= 0.6 is 0 Å². The lowest BCUT2D eigenvalue weighted by Gasteiger charge is -2.12. The minimum absolute atomic E-state index is 0.195. The Morgan fingerprint density at radius 2 is 1.60 bits per heavy atom.